The second kappa shape index (κ2) is 4.58. The maximum absolute atomic E-state index is 11.5. The summed E-state index contributed by atoms with van der Waals surface area (Å²) in [5.74, 6) is 2.62. The molecule has 0 atom stereocenters. The van der Waals surface area contributed by atoms with Gasteiger partial charge in [0.25, 0.3) is 0 Å². The van der Waals surface area contributed by atoms with Crippen molar-refractivity contribution in [1.29, 1.82) is 0 Å². The summed E-state index contributed by atoms with van der Waals surface area (Å²) in [5, 5.41) is 2.87. The molecule has 4 bridgehead atoms. The lowest BCUT2D eigenvalue weighted by molar-refractivity contribution is -0.0498. The predicted octanol–water partition coefficient (Wildman–Crippen LogP) is 1.09. The number of rotatable bonds is 2. The zero-order chi connectivity index (χ0) is 13.5. The molecule has 4 saturated carbocycles. The fourth-order valence-electron chi connectivity index (χ4n) is 4.94. The first-order valence-corrected chi connectivity index (χ1v) is 7.14. The SMILES string of the molecule is NC(=O)NNC(=O)NCC12CC3CC(CC(C3)C1)C2. The van der Waals surface area contributed by atoms with E-state index in [1.54, 1.807) is 0 Å². The van der Waals surface area contributed by atoms with Crippen molar-refractivity contribution in [3.05, 3.63) is 0 Å². The van der Waals surface area contributed by atoms with Crippen LogP contribution in [0.4, 0.5) is 9.59 Å². The largest absolute Gasteiger partial charge is 0.350 e. The van der Waals surface area contributed by atoms with E-state index in [-0.39, 0.29) is 6.03 Å². The summed E-state index contributed by atoms with van der Waals surface area (Å²) in [7, 11) is 0. The maximum Gasteiger partial charge on any atom is 0.333 e. The third-order valence-electron chi connectivity index (χ3n) is 5.09. The molecule has 5 N–H and O–H groups in total. The number of nitrogens with two attached hydrogens (primary N) is 1. The van der Waals surface area contributed by atoms with Gasteiger partial charge in [-0.15, -0.1) is 0 Å². The van der Waals surface area contributed by atoms with Gasteiger partial charge in [0.15, 0.2) is 0 Å². The van der Waals surface area contributed by atoms with Gasteiger partial charge >= 0.3 is 12.1 Å². The highest BCUT2D eigenvalue weighted by molar-refractivity contribution is 5.79. The summed E-state index contributed by atoms with van der Waals surface area (Å²) < 4.78 is 0. The van der Waals surface area contributed by atoms with E-state index in [4.69, 9.17) is 5.73 Å². The predicted molar refractivity (Wildman–Crippen MR) is 69.9 cm³/mol. The van der Waals surface area contributed by atoms with Crippen LogP contribution in [0.25, 0.3) is 0 Å². The zero-order valence-electron chi connectivity index (χ0n) is 11.1. The Morgan fingerprint density at radius 1 is 1.00 bits per heavy atom. The van der Waals surface area contributed by atoms with Crippen molar-refractivity contribution in [1.82, 2.24) is 16.2 Å². The van der Waals surface area contributed by atoms with E-state index >= 15 is 0 Å². The number of nitrogens with one attached hydrogen (secondary N) is 3. The van der Waals surface area contributed by atoms with Gasteiger partial charge in [0.2, 0.25) is 0 Å². The molecular formula is C13H22N4O2. The molecule has 0 unspecified atom stereocenters. The van der Waals surface area contributed by atoms with Gasteiger partial charge in [-0.3, -0.25) is 0 Å². The number of hydrogen-bond donors (Lipinski definition) is 4. The van der Waals surface area contributed by atoms with Crippen LogP contribution in [0, 0.1) is 23.2 Å². The van der Waals surface area contributed by atoms with Gasteiger partial charge in [0.1, 0.15) is 0 Å². The van der Waals surface area contributed by atoms with Crippen LogP contribution in [0.15, 0.2) is 0 Å². The molecule has 0 heterocycles. The average Bonchev–Trinajstić information content (AvgIpc) is 2.32. The molecule has 4 amide bonds. The van der Waals surface area contributed by atoms with Gasteiger partial charge in [-0.2, -0.15) is 0 Å². The standard InChI is InChI=1S/C13H22N4O2/c14-11(18)16-17-12(19)15-7-13-4-8-1-9(5-13)3-10(2-8)6-13/h8-10H,1-7H2,(H3,14,16,18)(H2,15,17,19). The first kappa shape index (κ1) is 12.6. The molecule has 4 rings (SSSR count). The average molecular weight is 266 g/mol. The summed E-state index contributed by atoms with van der Waals surface area (Å²) in [6.45, 7) is 0.711. The molecule has 4 fully saturated rings. The Morgan fingerprint density at radius 3 is 2.00 bits per heavy atom. The Labute approximate surface area is 112 Å². The Hall–Kier alpha value is -1.46. The van der Waals surface area contributed by atoms with Crippen molar-refractivity contribution < 1.29 is 9.59 Å². The second-order valence-corrected chi connectivity index (χ2v) is 6.71. The minimum absolute atomic E-state index is 0.304. The molecule has 0 aromatic heterocycles. The van der Waals surface area contributed by atoms with Crippen LogP contribution in [0.1, 0.15) is 38.5 Å². The van der Waals surface area contributed by atoms with Gasteiger partial charge < -0.3 is 11.1 Å². The van der Waals surface area contributed by atoms with Crippen LogP contribution >= 0.6 is 0 Å². The van der Waals surface area contributed by atoms with Crippen LogP contribution in [0.3, 0.4) is 0 Å². The fraction of sp³-hybridized carbons (Fsp3) is 0.846. The molecule has 0 aliphatic heterocycles. The van der Waals surface area contributed by atoms with Crippen molar-refractivity contribution >= 4 is 12.1 Å². The van der Waals surface area contributed by atoms with Crippen LogP contribution < -0.4 is 21.9 Å². The maximum atomic E-state index is 11.5. The van der Waals surface area contributed by atoms with Crippen LogP contribution in [0.5, 0.6) is 0 Å². The van der Waals surface area contributed by atoms with E-state index < -0.39 is 6.03 Å². The number of hydrogen-bond acceptors (Lipinski definition) is 2. The third kappa shape index (κ3) is 2.62. The first-order chi connectivity index (χ1) is 9.05. The van der Waals surface area contributed by atoms with Crippen LogP contribution in [-0.4, -0.2) is 18.6 Å². The highest BCUT2D eigenvalue weighted by Gasteiger charge is 2.50. The van der Waals surface area contributed by atoms with E-state index in [2.05, 4.69) is 16.2 Å². The number of carbonyl (C=O) groups is 2. The normalized spacial score (nSPS) is 38.8. The lowest BCUT2D eigenvalue weighted by atomic mass is 9.49. The third-order valence-corrected chi connectivity index (χ3v) is 5.09. The molecular weight excluding hydrogens is 244 g/mol. The number of hydrazine groups is 1. The number of amides is 4. The lowest BCUT2D eigenvalue weighted by Crippen LogP contribution is -2.54. The molecule has 19 heavy (non-hydrogen) atoms. The van der Waals surface area contributed by atoms with Crippen molar-refractivity contribution in [3.8, 4) is 0 Å². The Bertz CT molecular complexity index is 361. The fourth-order valence-corrected chi connectivity index (χ4v) is 4.94. The van der Waals surface area contributed by atoms with Crippen molar-refractivity contribution in [3.63, 3.8) is 0 Å². The van der Waals surface area contributed by atoms with E-state index in [1.807, 2.05) is 0 Å². The molecule has 0 radical (unpaired) electrons. The van der Waals surface area contributed by atoms with Gasteiger partial charge in [0.05, 0.1) is 0 Å². The van der Waals surface area contributed by atoms with Crippen LogP contribution in [-0.2, 0) is 0 Å². The molecule has 0 saturated heterocycles. The Kier molecular flexibility index (Phi) is 3.03. The smallest absolute Gasteiger partial charge is 0.333 e. The summed E-state index contributed by atoms with van der Waals surface area (Å²) in [6.07, 6.45) is 7.95. The molecule has 4 aliphatic carbocycles. The molecule has 106 valence electrons. The topological polar surface area (TPSA) is 96.2 Å². The summed E-state index contributed by atoms with van der Waals surface area (Å²) in [4.78, 5) is 22.0. The minimum atomic E-state index is -0.759. The van der Waals surface area contributed by atoms with E-state index in [9.17, 15) is 9.59 Å². The van der Waals surface area contributed by atoms with Crippen molar-refractivity contribution in [2.45, 2.75) is 38.5 Å². The molecule has 6 heteroatoms. The quantitative estimate of drug-likeness (QED) is 0.563. The van der Waals surface area contributed by atoms with Gasteiger partial charge in [-0.1, -0.05) is 0 Å². The van der Waals surface area contributed by atoms with E-state index in [1.165, 1.54) is 38.5 Å². The lowest BCUT2D eigenvalue weighted by Gasteiger charge is -2.56. The van der Waals surface area contributed by atoms with E-state index in [0.29, 0.717) is 12.0 Å². The molecule has 6 nitrogen and oxygen atoms in total. The summed E-state index contributed by atoms with van der Waals surface area (Å²) >= 11 is 0. The second-order valence-electron chi connectivity index (χ2n) is 6.71. The number of carbonyl (C=O) groups excluding carboxylic acids is 2. The number of urea groups is 2. The van der Waals surface area contributed by atoms with Gasteiger partial charge in [0, 0.05) is 6.54 Å². The molecule has 0 aromatic rings. The minimum Gasteiger partial charge on any atom is -0.350 e. The Balaban J connectivity index is 1.52. The highest BCUT2D eigenvalue weighted by atomic mass is 16.2. The van der Waals surface area contributed by atoms with Crippen molar-refractivity contribution in [2.75, 3.05) is 6.54 Å². The monoisotopic (exact) mass is 266 g/mol. The van der Waals surface area contributed by atoms with Crippen LogP contribution in [0.2, 0.25) is 0 Å². The number of primary amides is 1. The van der Waals surface area contributed by atoms with E-state index in [0.717, 1.165) is 17.8 Å². The zero-order valence-corrected chi connectivity index (χ0v) is 11.1. The first-order valence-electron chi connectivity index (χ1n) is 7.14. The summed E-state index contributed by atoms with van der Waals surface area (Å²) in [5.41, 5.74) is 9.52. The molecule has 0 spiro atoms. The van der Waals surface area contributed by atoms with Crippen molar-refractivity contribution in [2.24, 2.45) is 28.9 Å². The highest BCUT2D eigenvalue weighted by Crippen LogP contribution is 2.59. The molecule has 0 aromatic carbocycles. The van der Waals surface area contributed by atoms with Gasteiger partial charge in [-0.05, 0) is 61.7 Å². The van der Waals surface area contributed by atoms with Gasteiger partial charge in [-0.25, -0.2) is 20.4 Å². The Morgan fingerprint density at radius 2 is 1.53 bits per heavy atom. The summed E-state index contributed by atoms with van der Waals surface area (Å²) in [6, 6.07) is -1.14. The molecule has 4 aliphatic rings.